The van der Waals surface area contributed by atoms with Crippen molar-refractivity contribution in [2.24, 2.45) is 0 Å². The molecule has 0 spiro atoms. The lowest BCUT2D eigenvalue weighted by molar-refractivity contribution is -0.137. The lowest BCUT2D eigenvalue weighted by Crippen LogP contribution is -2.44. The highest BCUT2D eigenvalue weighted by Gasteiger charge is 2.26. The Labute approximate surface area is 165 Å². The van der Waals surface area contributed by atoms with Crippen molar-refractivity contribution in [1.82, 2.24) is 25.9 Å². The number of hydrogen-bond acceptors (Lipinski definition) is 7. The number of nitrogens with one attached hydrogen (secondary N) is 4. The Kier molecular flexibility index (Phi) is 9.71. The van der Waals surface area contributed by atoms with Gasteiger partial charge in [-0.1, -0.05) is 11.8 Å². The molecule has 154 valence electrons. The predicted octanol–water partition coefficient (Wildman–Crippen LogP) is -1.19. The number of carbonyl (C=O) groups excluding carboxylic acids is 4. The summed E-state index contributed by atoms with van der Waals surface area (Å²) in [5.74, 6) is -2.50. The fourth-order valence-corrected chi connectivity index (χ4v) is 2.89. The molecule has 1 aromatic heterocycles. The molecule has 0 saturated heterocycles. The number of aromatic amines is 1. The lowest BCUT2D eigenvalue weighted by atomic mass is 10.2. The largest absolute Gasteiger partial charge is 0.480 e. The summed E-state index contributed by atoms with van der Waals surface area (Å²) >= 11 is 0.697. The van der Waals surface area contributed by atoms with E-state index in [1.165, 1.54) is 26.4 Å². The Morgan fingerprint density at radius 3 is 2.54 bits per heavy atom. The molecule has 11 nitrogen and oxygen atoms in total. The van der Waals surface area contributed by atoms with Crippen LogP contribution in [0.4, 0.5) is 0 Å². The van der Waals surface area contributed by atoms with E-state index in [1.54, 1.807) is 0 Å². The molecular formula is C16H23N5O6S. The van der Waals surface area contributed by atoms with Crippen LogP contribution in [0.5, 0.6) is 0 Å². The van der Waals surface area contributed by atoms with Gasteiger partial charge in [0.05, 0.1) is 11.6 Å². The molecule has 1 heterocycles. The number of carboxylic acid groups (broad SMARTS) is 1. The summed E-state index contributed by atoms with van der Waals surface area (Å²) in [6, 6.07) is -0.926. The molecule has 5 N–H and O–H groups in total. The van der Waals surface area contributed by atoms with Gasteiger partial charge in [0.25, 0.3) is 0 Å². The quantitative estimate of drug-likeness (QED) is 0.301. The van der Waals surface area contributed by atoms with Crippen LogP contribution in [0.25, 0.3) is 0 Å². The monoisotopic (exact) mass is 413 g/mol. The molecule has 1 aromatic rings. The topological polar surface area (TPSA) is 170 Å². The number of nitrogens with zero attached hydrogens (tertiary/aromatic N) is 1. The molecule has 0 bridgehead atoms. The molecule has 1 unspecified atom stereocenters. The van der Waals surface area contributed by atoms with Gasteiger partial charge < -0.3 is 26.0 Å². The van der Waals surface area contributed by atoms with E-state index in [9.17, 15) is 24.0 Å². The highest BCUT2D eigenvalue weighted by Crippen LogP contribution is 2.16. The third-order valence-corrected chi connectivity index (χ3v) is 4.49. The normalized spacial score (nSPS) is 12.5. The minimum atomic E-state index is -1.19. The van der Waals surface area contributed by atoms with Gasteiger partial charge in [-0.2, -0.15) is 0 Å². The van der Waals surface area contributed by atoms with Gasteiger partial charge in [0, 0.05) is 38.2 Å². The summed E-state index contributed by atoms with van der Waals surface area (Å²) in [4.78, 5) is 64.6. The second-order valence-electron chi connectivity index (χ2n) is 5.82. The number of carboxylic acids is 1. The van der Waals surface area contributed by atoms with Gasteiger partial charge in [0.15, 0.2) is 0 Å². The van der Waals surface area contributed by atoms with Crippen LogP contribution in [0.15, 0.2) is 12.5 Å². The van der Waals surface area contributed by atoms with E-state index >= 15 is 0 Å². The van der Waals surface area contributed by atoms with Crippen LogP contribution in [0, 0.1) is 0 Å². The van der Waals surface area contributed by atoms with E-state index in [0.717, 1.165) is 0 Å². The molecule has 0 fully saturated rings. The Hall–Kier alpha value is -2.89. The molecule has 0 radical (unpaired) electrons. The number of carbonyl (C=O) groups is 5. The predicted molar refractivity (Wildman–Crippen MR) is 100 cm³/mol. The van der Waals surface area contributed by atoms with Crippen molar-refractivity contribution in [3.05, 3.63) is 18.2 Å². The molecular weight excluding hydrogens is 390 g/mol. The second kappa shape index (κ2) is 11.7. The first kappa shape index (κ1) is 23.1. The molecule has 1 rings (SSSR count). The minimum Gasteiger partial charge on any atom is -0.480 e. The van der Waals surface area contributed by atoms with Crippen LogP contribution in [0.1, 0.15) is 26.0 Å². The fraction of sp³-hybridized carbons (Fsp3) is 0.500. The van der Waals surface area contributed by atoms with E-state index in [-0.39, 0.29) is 25.3 Å². The van der Waals surface area contributed by atoms with E-state index < -0.39 is 40.7 Å². The first-order valence-electron chi connectivity index (χ1n) is 8.40. The average Bonchev–Trinajstić information content (AvgIpc) is 3.11. The van der Waals surface area contributed by atoms with Crippen LogP contribution in [0.3, 0.4) is 0 Å². The van der Waals surface area contributed by atoms with E-state index in [0.29, 0.717) is 17.5 Å². The van der Waals surface area contributed by atoms with Gasteiger partial charge in [0.1, 0.15) is 12.6 Å². The molecule has 28 heavy (non-hydrogen) atoms. The van der Waals surface area contributed by atoms with E-state index in [1.807, 2.05) is 0 Å². The van der Waals surface area contributed by atoms with Gasteiger partial charge in [-0.25, -0.2) is 4.98 Å². The van der Waals surface area contributed by atoms with Crippen molar-refractivity contribution in [3.63, 3.8) is 0 Å². The molecule has 0 aromatic carbocycles. The summed E-state index contributed by atoms with van der Waals surface area (Å²) in [6.07, 6.45) is 3.08. The first-order chi connectivity index (χ1) is 13.2. The number of aromatic nitrogens is 2. The van der Waals surface area contributed by atoms with Crippen molar-refractivity contribution in [2.45, 2.75) is 38.0 Å². The highest BCUT2D eigenvalue weighted by molar-refractivity contribution is 8.14. The van der Waals surface area contributed by atoms with Crippen molar-refractivity contribution >= 4 is 40.6 Å². The zero-order valence-electron chi connectivity index (χ0n) is 15.5. The maximum Gasteiger partial charge on any atom is 0.322 e. The van der Waals surface area contributed by atoms with Gasteiger partial charge in [0.2, 0.25) is 22.8 Å². The third kappa shape index (κ3) is 9.16. The molecule has 12 heteroatoms. The number of imidazole rings is 1. The van der Waals surface area contributed by atoms with Gasteiger partial charge in [-0.3, -0.25) is 24.0 Å². The van der Waals surface area contributed by atoms with Crippen LogP contribution < -0.4 is 16.0 Å². The van der Waals surface area contributed by atoms with Gasteiger partial charge in [-0.15, -0.1) is 0 Å². The van der Waals surface area contributed by atoms with Gasteiger partial charge in [-0.05, 0) is 6.92 Å². The minimum absolute atomic E-state index is 0.00828. The molecule has 0 aliphatic rings. The highest BCUT2D eigenvalue weighted by atomic mass is 32.2. The number of thioether (sulfide) groups is 1. The van der Waals surface area contributed by atoms with Crippen molar-refractivity contribution < 1.29 is 29.1 Å². The van der Waals surface area contributed by atoms with E-state index in [2.05, 4.69) is 25.9 Å². The number of hydrogen-bond donors (Lipinski definition) is 5. The lowest BCUT2D eigenvalue weighted by Gasteiger charge is -2.18. The average molecular weight is 413 g/mol. The summed E-state index contributed by atoms with van der Waals surface area (Å²) in [5.41, 5.74) is 0.615. The van der Waals surface area contributed by atoms with Crippen molar-refractivity contribution in [2.75, 3.05) is 13.1 Å². The zero-order valence-corrected chi connectivity index (χ0v) is 16.3. The fourth-order valence-electron chi connectivity index (χ4n) is 2.04. The SMILES string of the molecule is CC(=O)NCCC(=O)N[C@@H](Cc1cnc[nH]1)C(=O)SC(C)C(=O)NCC(=O)O. The number of amides is 3. The Bertz CT molecular complexity index is 708. The summed E-state index contributed by atoms with van der Waals surface area (Å²) in [5, 5.41) is 14.6. The second-order valence-corrected chi connectivity index (χ2v) is 7.17. The van der Waals surface area contributed by atoms with Crippen LogP contribution in [0.2, 0.25) is 0 Å². The number of rotatable bonds is 11. The number of aliphatic carboxylic acids is 1. The molecule has 0 aliphatic heterocycles. The maximum atomic E-state index is 12.6. The van der Waals surface area contributed by atoms with Crippen LogP contribution >= 0.6 is 11.8 Å². The zero-order chi connectivity index (χ0) is 21.1. The van der Waals surface area contributed by atoms with Crippen LogP contribution in [-0.2, 0) is 30.4 Å². The first-order valence-corrected chi connectivity index (χ1v) is 9.28. The van der Waals surface area contributed by atoms with Crippen LogP contribution in [-0.4, -0.2) is 68.3 Å². The molecule has 0 aliphatic carbocycles. The van der Waals surface area contributed by atoms with Crippen molar-refractivity contribution in [1.29, 1.82) is 0 Å². The Morgan fingerprint density at radius 2 is 1.96 bits per heavy atom. The standard InChI is InChI=1S/C16H23N5O6S/c1-9(15(26)19-7-14(24)25)28-16(27)12(5-11-6-17-8-20-11)21-13(23)3-4-18-10(2)22/h6,8-9,12H,3-5,7H2,1-2H3,(H,17,20)(H,18,22)(H,19,26)(H,21,23)(H,24,25)/t9?,12-/m0/s1. The maximum absolute atomic E-state index is 12.6. The van der Waals surface area contributed by atoms with Crippen molar-refractivity contribution in [3.8, 4) is 0 Å². The van der Waals surface area contributed by atoms with Gasteiger partial charge >= 0.3 is 5.97 Å². The number of H-pyrrole nitrogens is 1. The molecule has 0 saturated carbocycles. The summed E-state index contributed by atoms with van der Waals surface area (Å²) < 4.78 is 0. The summed E-state index contributed by atoms with van der Waals surface area (Å²) in [6.45, 7) is 2.38. The molecule has 2 atom stereocenters. The Balaban J connectivity index is 2.68. The summed E-state index contributed by atoms with van der Waals surface area (Å²) in [7, 11) is 0. The van der Waals surface area contributed by atoms with E-state index in [4.69, 9.17) is 5.11 Å². The molecule has 3 amide bonds. The smallest absolute Gasteiger partial charge is 0.322 e. The Morgan fingerprint density at radius 1 is 1.25 bits per heavy atom. The third-order valence-electron chi connectivity index (χ3n) is 3.40.